The van der Waals surface area contributed by atoms with E-state index in [1.54, 1.807) is 0 Å². The predicted octanol–water partition coefficient (Wildman–Crippen LogP) is 2.70. The zero-order chi connectivity index (χ0) is 12.7. The molecule has 1 aromatic rings. The number of ether oxygens (including phenoxy) is 1. The summed E-state index contributed by atoms with van der Waals surface area (Å²) in [5.74, 6) is 5.84. The van der Waals surface area contributed by atoms with Crippen molar-refractivity contribution in [3.8, 4) is 11.8 Å². The molecule has 92 valence electrons. The van der Waals surface area contributed by atoms with Crippen LogP contribution in [0.4, 0.5) is 0 Å². The van der Waals surface area contributed by atoms with Gasteiger partial charge in [-0.25, -0.2) is 0 Å². The standard InChI is InChI=1S/C15H21NO/c1-4-15(2,3)17-12-14-9-7-13(8-10-14)6-5-11-16/h7-10H,4,11-12,16H2,1-3H3. The zero-order valence-electron chi connectivity index (χ0n) is 10.9. The number of benzene rings is 1. The summed E-state index contributed by atoms with van der Waals surface area (Å²) >= 11 is 0. The minimum Gasteiger partial charge on any atom is -0.371 e. The third kappa shape index (κ3) is 5.04. The second-order valence-corrected chi connectivity index (χ2v) is 4.60. The Balaban J connectivity index is 2.57. The predicted molar refractivity (Wildman–Crippen MR) is 71.5 cm³/mol. The topological polar surface area (TPSA) is 35.2 Å². The number of nitrogens with two attached hydrogens (primary N) is 1. The van der Waals surface area contributed by atoms with Crippen LogP contribution < -0.4 is 5.73 Å². The average Bonchev–Trinajstić information content (AvgIpc) is 2.35. The summed E-state index contributed by atoms with van der Waals surface area (Å²) in [6, 6.07) is 8.10. The van der Waals surface area contributed by atoms with E-state index in [9.17, 15) is 0 Å². The van der Waals surface area contributed by atoms with Crippen LogP contribution in [0.2, 0.25) is 0 Å². The molecule has 0 bridgehead atoms. The molecule has 2 nitrogen and oxygen atoms in total. The molecule has 1 rings (SSSR count). The van der Waals surface area contributed by atoms with Crippen LogP contribution in [0.5, 0.6) is 0 Å². The van der Waals surface area contributed by atoms with Gasteiger partial charge in [0.15, 0.2) is 0 Å². The van der Waals surface area contributed by atoms with Crippen molar-refractivity contribution in [2.45, 2.75) is 39.4 Å². The third-order valence-electron chi connectivity index (χ3n) is 2.77. The fourth-order valence-electron chi connectivity index (χ4n) is 1.22. The largest absolute Gasteiger partial charge is 0.371 e. The van der Waals surface area contributed by atoms with Gasteiger partial charge in [-0.2, -0.15) is 0 Å². The fourth-order valence-corrected chi connectivity index (χ4v) is 1.22. The van der Waals surface area contributed by atoms with Gasteiger partial charge in [-0.15, -0.1) is 0 Å². The van der Waals surface area contributed by atoms with Crippen molar-refractivity contribution in [3.05, 3.63) is 35.4 Å². The molecule has 2 N–H and O–H groups in total. The molecule has 0 aliphatic carbocycles. The lowest BCUT2D eigenvalue weighted by molar-refractivity contribution is -0.0316. The fraction of sp³-hybridized carbons (Fsp3) is 0.467. The monoisotopic (exact) mass is 231 g/mol. The molecule has 0 aliphatic heterocycles. The first-order chi connectivity index (χ1) is 8.07. The molecule has 0 atom stereocenters. The molecule has 2 heteroatoms. The van der Waals surface area contributed by atoms with Gasteiger partial charge < -0.3 is 10.5 Å². The lowest BCUT2D eigenvalue weighted by Crippen LogP contribution is -2.22. The highest BCUT2D eigenvalue weighted by Gasteiger charge is 2.14. The smallest absolute Gasteiger partial charge is 0.0724 e. The molecule has 0 saturated carbocycles. The Morgan fingerprint density at radius 3 is 2.41 bits per heavy atom. The molecule has 0 unspecified atom stereocenters. The maximum absolute atomic E-state index is 5.83. The average molecular weight is 231 g/mol. The highest BCUT2D eigenvalue weighted by atomic mass is 16.5. The second kappa shape index (κ2) is 6.44. The van der Waals surface area contributed by atoms with Gasteiger partial charge in [-0.1, -0.05) is 30.9 Å². The molecule has 0 spiro atoms. The van der Waals surface area contributed by atoms with Crippen molar-refractivity contribution < 1.29 is 4.74 Å². The van der Waals surface area contributed by atoms with E-state index in [1.165, 1.54) is 5.56 Å². The van der Waals surface area contributed by atoms with E-state index in [0.29, 0.717) is 13.2 Å². The molecule has 0 fully saturated rings. The van der Waals surface area contributed by atoms with E-state index >= 15 is 0 Å². The van der Waals surface area contributed by atoms with E-state index in [4.69, 9.17) is 10.5 Å². The number of hydrogen-bond acceptors (Lipinski definition) is 2. The van der Waals surface area contributed by atoms with Gasteiger partial charge in [0.25, 0.3) is 0 Å². The first-order valence-corrected chi connectivity index (χ1v) is 5.99. The van der Waals surface area contributed by atoms with Gasteiger partial charge in [0.05, 0.1) is 18.8 Å². The lowest BCUT2D eigenvalue weighted by atomic mass is 10.1. The first-order valence-electron chi connectivity index (χ1n) is 5.99. The van der Waals surface area contributed by atoms with Crippen LogP contribution in [-0.4, -0.2) is 12.1 Å². The molecule has 0 aromatic heterocycles. The summed E-state index contributed by atoms with van der Waals surface area (Å²) in [6.45, 7) is 7.38. The third-order valence-corrected chi connectivity index (χ3v) is 2.77. The van der Waals surface area contributed by atoms with Crippen molar-refractivity contribution in [2.24, 2.45) is 5.73 Å². The molecule has 0 saturated heterocycles. The summed E-state index contributed by atoms with van der Waals surface area (Å²) in [4.78, 5) is 0. The van der Waals surface area contributed by atoms with Crippen LogP contribution >= 0.6 is 0 Å². The summed E-state index contributed by atoms with van der Waals surface area (Å²) in [5, 5.41) is 0. The summed E-state index contributed by atoms with van der Waals surface area (Å²) in [5.41, 5.74) is 7.43. The van der Waals surface area contributed by atoms with Gasteiger partial charge in [0, 0.05) is 5.56 Å². The van der Waals surface area contributed by atoms with Crippen LogP contribution in [0.25, 0.3) is 0 Å². The SMILES string of the molecule is CCC(C)(C)OCc1ccc(C#CCN)cc1. The highest BCUT2D eigenvalue weighted by Crippen LogP contribution is 2.16. The van der Waals surface area contributed by atoms with Crippen LogP contribution in [0.15, 0.2) is 24.3 Å². The Morgan fingerprint density at radius 1 is 1.24 bits per heavy atom. The molecular formula is C15H21NO. The lowest BCUT2D eigenvalue weighted by Gasteiger charge is -2.23. The van der Waals surface area contributed by atoms with Gasteiger partial charge >= 0.3 is 0 Å². The normalized spacial score (nSPS) is 10.8. The van der Waals surface area contributed by atoms with Gasteiger partial charge in [0.2, 0.25) is 0 Å². The first kappa shape index (κ1) is 13.8. The molecule has 0 amide bonds. The maximum atomic E-state index is 5.83. The maximum Gasteiger partial charge on any atom is 0.0724 e. The van der Waals surface area contributed by atoms with Crippen molar-refractivity contribution in [1.82, 2.24) is 0 Å². The molecule has 0 radical (unpaired) electrons. The van der Waals surface area contributed by atoms with Crippen LogP contribution in [-0.2, 0) is 11.3 Å². The number of rotatable bonds is 4. The Hall–Kier alpha value is -1.30. The van der Waals surface area contributed by atoms with Gasteiger partial charge in [-0.05, 0) is 38.0 Å². The quantitative estimate of drug-likeness (QED) is 0.809. The van der Waals surface area contributed by atoms with Crippen LogP contribution in [0.3, 0.4) is 0 Å². The van der Waals surface area contributed by atoms with Gasteiger partial charge in [0.1, 0.15) is 0 Å². The van der Waals surface area contributed by atoms with E-state index in [2.05, 4.69) is 32.6 Å². The molecule has 0 aliphatic rings. The summed E-state index contributed by atoms with van der Waals surface area (Å²) in [7, 11) is 0. The minimum absolute atomic E-state index is 0.0575. The Morgan fingerprint density at radius 2 is 1.88 bits per heavy atom. The van der Waals surface area contributed by atoms with E-state index < -0.39 is 0 Å². The zero-order valence-corrected chi connectivity index (χ0v) is 10.9. The van der Waals surface area contributed by atoms with E-state index in [1.807, 2.05) is 24.3 Å². The highest BCUT2D eigenvalue weighted by molar-refractivity contribution is 5.36. The molecule has 1 aromatic carbocycles. The minimum atomic E-state index is -0.0575. The molecule has 0 heterocycles. The van der Waals surface area contributed by atoms with Crippen molar-refractivity contribution >= 4 is 0 Å². The van der Waals surface area contributed by atoms with E-state index in [-0.39, 0.29) is 5.60 Å². The second-order valence-electron chi connectivity index (χ2n) is 4.60. The van der Waals surface area contributed by atoms with Crippen LogP contribution in [0.1, 0.15) is 38.3 Å². The summed E-state index contributed by atoms with van der Waals surface area (Å²) in [6.07, 6.45) is 1.01. The van der Waals surface area contributed by atoms with Crippen molar-refractivity contribution in [1.29, 1.82) is 0 Å². The van der Waals surface area contributed by atoms with Crippen molar-refractivity contribution in [3.63, 3.8) is 0 Å². The van der Waals surface area contributed by atoms with Gasteiger partial charge in [-0.3, -0.25) is 0 Å². The summed E-state index contributed by atoms with van der Waals surface area (Å²) < 4.78 is 5.83. The number of hydrogen-bond donors (Lipinski definition) is 1. The van der Waals surface area contributed by atoms with Crippen LogP contribution in [0, 0.1) is 11.8 Å². The Kier molecular flexibility index (Phi) is 5.21. The van der Waals surface area contributed by atoms with Crippen molar-refractivity contribution in [2.75, 3.05) is 6.54 Å². The molecule has 17 heavy (non-hydrogen) atoms. The Labute approximate surface area is 104 Å². The van der Waals surface area contributed by atoms with E-state index in [0.717, 1.165) is 12.0 Å². The Bertz CT molecular complexity index is 395. The molecular weight excluding hydrogens is 210 g/mol.